The first-order chi connectivity index (χ1) is 13.1. The second kappa shape index (κ2) is 8.49. The average Bonchev–Trinajstić information content (AvgIpc) is 3.05. The molecular formula is C21H24N4O2. The van der Waals surface area contributed by atoms with Gasteiger partial charge < -0.3 is 11.1 Å². The summed E-state index contributed by atoms with van der Waals surface area (Å²) in [5.74, 6) is -0.955. The Morgan fingerprint density at radius 1 is 1.11 bits per heavy atom. The van der Waals surface area contributed by atoms with E-state index >= 15 is 0 Å². The van der Waals surface area contributed by atoms with Crippen molar-refractivity contribution >= 4 is 22.7 Å². The zero-order valence-electron chi connectivity index (χ0n) is 15.4. The van der Waals surface area contributed by atoms with Gasteiger partial charge in [0.2, 0.25) is 5.91 Å². The van der Waals surface area contributed by atoms with E-state index in [-0.39, 0.29) is 5.91 Å². The Morgan fingerprint density at radius 2 is 1.81 bits per heavy atom. The Bertz CT molecular complexity index is 934. The van der Waals surface area contributed by atoms with Crippen LogP contribution in [0.2, 0.25) is 0 Å². The number of hydrogen-bond acceptors (Lipinski definition) is 3. The molecule has 1 heterocycles. The van der Waals surface area contributed by atoms with E-state index in [9.17, 15) is 9.59 Å². The molecule has 0 spiro atoms. The molecule has 3 aromatic rings. The molecule has 1 aromatic heterocycles. The van der Waals surface area contributed by atoms with Gasteiger partial charge in [-0.1, -0.05) is 61.9 Å². The summed E-state index contributed by atoms with van der Waals surface area (Å²) in [4.78, 5) is 24.7. The smallest absolute Gasteiger partial charge is 0.273 e. The van der Waals surface area contributed by atoms with Crippen LogP contribution in [0.5, 0.6) is 0 Å². The fourth-order valence-electron chi connectivity index (χ4n) is 3.07. The fourth-order valence-corrected chi connectivity index (χ4v) is 3.07. The summed E-state index contributed by atoms with van der Waals surface area (Å²) in [6.45, 7) is 2.86. The number of hydrogen-bond donors (Lipinski definition) is 2. The third-order valence-electron chi connectivity index (χ3n) is 4.53. The number of carbonyl (C=O) groups excluding carboxylic acids is 2. The number of para-hydroxylation sites is 1. The Balaban J connectivity index is 1.85. The molecule has 0 aliphatic heterocycles. The summed E-state index contributed by atoms with van der Waals surface area (Å²) in [6, 6.07) is 16.3. The topological polar surface area (TPSA) is 90.0 Å². The third kappa shape index (κ3) is 4.34. The molecule has 0 radical (unpaired) electrons. The second-order valence-corrected chi connectivity index (χ2v) is 6.56. The highest BCUT2D eigenvalue weighted by atomic mass is 16.2. The van der Waals surface area contributed by atoms with Gasteiger partial charge in [-0.3, -0.25) is 14.3 Å². The summed E-state index contributed by atoms with van der Waals surface area (Å²) >= 11 is 0. The number of aryl methyl sites for hydroxylation is 1. The van der Waals surface area contributed by atoms with Gasteiger partial charge in [-0.15, -0.1) is 0 Å². The van der Waals surface area contributed by atoms with E-state index < -0.39 is 11.9 Å². The van der Waals surface area contributed by atoms with Crippen LogP contribution >= 0.6 is 0 Å². The van der Waals surface area contributed by atoms with Gasteiger partial charge in [-0.05, 0) is 18.1 Å². The highest BCUT2D eigenvalue weighted by molar-refractivity contribution is 6.06. The Morgan fingerprint density at radius 3 is 2.52 bits per heavy atom. The largest absolute Gasteiger partial charge is 0.368 e. The van der Waals surface area contributed by atoms with Crippen molar-refractivity contribution in [2.24, 2.45) is 5.73 Å². The van der Waals surface area contributed by atoms with Gasteiger partial charge in [0.25, 0.3) is 5.91 Å². The molecule has 3 N–H and O–H groups in total. The van der Waals surface area contributed by atoms with Crippen molar-refractivity contribution in [3.63, 3.8) is 0 Å². The van der Waals surface area contributed by atoms with Crippen LogP contribution in [0.1, 0.15) is 35.8 Å². The molecule has 0 aliphatic rings. The lowest BCUT2D eigenvalue weighted by Crippen LogP contribution is -2.46. The van der Waals surface area contributed by atoms with Crippen molar-refractivity contribution in [1.29, 1.82) is 0 Å². The first kappa shape index (κ1) is 18.6. The number of amides is 2. The minimum atomic E-state index is -0.792. The quantitative estimate of drug-likeness (QED) is 0.644. The molecule has 2 amide bonds. The number of fused-ring (bicyclic) bond motifs is 1. The van der Waals surface area contributed by atoms with Gasteiger partial charge in [0.05, 0.1) is 5.52 Å². The molecule has 0 aliphatic carbocycles. The first-order valence-electron chi connectivity index (χ1n) is 9.19. The van der Waals surface area contributed by atoms with Gasteiger partial charge in [0.1, 0.15) is 6.04 Å². The molecule has 2 aromatic carbocycles. The van der Waals surface area contributed by atoms with E-state index in [1.807, 2.05) is 59.3 Å². The van der Waals surface area contributed by atoms with E-state index in [0.717, 1.165) is 35.9 Å². The van der Waals surface area contributed by atoms with Gasteiger partial charge in [0, 0.05) is 18.4 Å². The minimum Gasteiger partial charge on any atom is -0.368 e. The van der Waals surface area contributed by atoms with Crippen LogP contribution in [0.4, 0.5) is 0 Å². The number of rotatable bonds is 8. The van der Waals surface area contributed by atoms with Crippen LogP contribution in [0.15, 0.2) is 54.6 Å². The SMILES string of the molecule is CCCCn1nc(C(=O)N[C@@H](Cc2ccccc2)C(N)=O)c2ccccc21. The number of nitrogens with zero attached hydrogens (tertiary/aromatic N) is 2. The number of benzene rings is 2. The molecular weight excluding hydrogens is 340 g/mol. The normalized spacial score (nSPS) is 12.0. The number of nitrogens with two attached hydrogens (primary N) is 1. The molecule has 0 saturated carbocycles. The summed E-state index contributed by atoms with van der Waals surface area (Å²) in [6.07, 6.45) is 2.36. The van der Waals surface area contributed by atoms with Crippen LogP contribution < -0.4 is 11.1 Å². The fraction of sp³-hybridized carbons (Fsp3) is 0.286. The summed E-state index contributed by atoms with van der Waals surface area (Å²) in [5.41, 5.74) is 7.68. The summed E-state index contributed by atoms with van der Waals surface area (Å²) < 4.78 is 1.85. The first-order valence-corrected chi connectivity index (χ1v) is 9.19. The zero-order valence-corrected chi connectivity index (χ0v) is 15.4. The van der Waals surface area contributed by atoms with E-state index in [2.05, 4.69) is 17.3 Å². The number of unbranched alkanes of at least 4 members (excludes halogenated alkanes) is 1. The predicted molar refractivity (Wildman–Crippen MR) is 105 cm³/mol. The molecule has 0 bridgehead atoms. The Hall–Kier alpha value is -3.15. The number of aromatic nitrogens is 2. The molecule has 0 fully saturated rings. The lowest BCUT2D eigenvalue weighted by molar-refractivity contribution is -0.119. The van der Waals surface area contributed by atoms with Gasteiger partial charge in [0.15, 0.2) is 5.69 Å². The monoisotopic (exact) mass is 364 g/mol. The minimum absolute atomic E-state index is 0.320. The summed E-state index contributed by atoms with van der Waals surface area (Å²) in [5, 5.41) is 8.02. The van der Waals surface area contributed by atoms with Crippen molar-refractivity contribution in [3.05, 3.63) is 65.9 Å². The van der Waals surface area contributed by atoms with E-state index in [0.29, 0.717) is 12.1 Å². The molecule has 6 heteroatoms. The van der Waals surface area contributed by atoms with Gasteiger partial charge in [-0.2, -0.15) is 5.10 Å². The summed E-state index contributed by atoms with van der Waals surface area (Å²) in [7, 11) is 0. The highest BCUT2D eigenvalue weighted by Crippen LogP contribution is 2.19. The maximum Gasteiger partial charge on any atom is 0.273 e. The van der Waals surface area contributed by atoms with Crippen molar-refractivity contribution < 1.29 is 9.59 Å². The number of nitrogens with one attached hydrogen (secondary N) is 1. The number of carbonyl (C=O) groups is 2. The second-order valence-electron chi connectivity index (χ2n) is 6.56. The van der Waals surface area contributed by atoms with E-state index in [1.54, 1.807) is 0 Å². The predicted octanol–water partition coefficient (Wildman–Crippen LogP) is 2.66. The molecule has 0 unspecified atom stereocenters. The molecule has 0 saturated heterocycles. The molecule has 6 nitrogen and oxygen atoms in total. The Kier molecular flexibility index (Phi) is 5.86. The lowest BCUT2D eigenvalue weighted by Gasteiger charge is -2.15. The third-order valence-corrected chi connectivity index (χ3v) is 4.53. The molecule has 1 atom stereocenters. The van der Waals surface area contributed by atoms with Gasteiger partial charge in [-0.25, -0.2) is 0 Å². The van der Waals surface area contributed by atoms with Crippen LogP contribution in [-0.4, -0.2) is 27.6 Å². The van der Waals surface area contributed by atoms with Crippen LogP contribution in [-0.2, 0) is 17.8 Å². The number of primary amides is 1. The van der Waals surface area contributed by atoms with Crippen LogP contribution in [0.25, 0.3) is 10.9 Å². The lowest BCUT2D eigenvalue weighted by atomic mass is 10.1. The van der Waals surface area contributed by atoms with Crippen molar-refractivity contribution in [1.82, 2.24) is 15.1 Å². The molecule has 27 heavy (non-hydrogen) atoms. The maximum atomic E-state index is 12.9. The van der Waals surface area contributed by atoms with E-state index in [4.69, 9.17) is 5.73 Å². The van der Waals surface area contributed by atoms with Crippen LogP contribution in [0.3, 0.4) is 0 Å². The van der Waals surface area contributed by atoms with Crippen molar-refractivity contribution in [2.75, 3.05) is 0 Å². The average molecular weight is 364 g/mol. The maximum absolute atomic E-state index is 12.9. The standard InChI is InChI=1S/C21H24N4O2/c1-2-3-13-25-18-12-8-7-11-16(18)19(24-25)21(27)23-17(20(22)26)14-15-9-5-4-6-10-15/h4-12,17H,2-3,13-14H2,1H3,(H2,22,26)(H,23,27)/t17-/m0/s1. The Labute approximate surface area is 158 Å². The molecule has 140 valence electrons. The van der Waals surface area contributed by atoms with Crippen molar-refractivity contribution in [3.8, 4) is 0 Å². The molecule has 3 rings (SSSR count). The zero-order chi connectivity index (χ0) is 19.2. The van der Waals surface area contributed by atoms with Crippen molar-refractivity contribution in [2.45, 2.75) is 38.8 Å². The van der Waals surface area contributed by atoms with Crippen LogP contribution in [0, 0.1) is 0 Å². The van der Waals surface area contributed by atoms with E-state index in [1.165, 1.54) is 0 Å². The highest BCUT2D eigenvalue weighted by Gasteiger charge is 2.23. The van der Waals surface area contributed by atoms with Gasteiger partial charge >= 0.3 is 0 Å².